The Labute approximate surface area is 78.4 Å². The third-order valence-corrected chi connectivity index (χ3v) is 1.57. The van der Waals surface area contributed by atoms with Crippen molar-refractivity contribution in [3.8, 4) is 0 Å². The van der Waals surface area contributed by atoms with Gasteiger partial charge in [0.15, 0.2) is 0 Å². The van der Waals surface area contributed by atoms with Crippen LogP contribution in [-0.4, -0.2) is 30.7 Å². The summed E-state index contributed by atoms with van der Waals surface area (Å²) >= 11 is 0. The van der Waals surface area contributed by atoms with Crippen LogP contribution >= 0.6 is 0 Å². The van der Waals surface area contributed by atoms with Gasteiger partial charge in [0.25, 0.3) is 11.7 Å². The third-order valence-electron chi connectivity index (χ3n) is 1.57. The van der Waals surface area contributed by atoms with Gasteiger partial charge in [-0.25, -0.2) is 10.5 Å². The Hall–Kier alpha value is -2.02. The monoisotopic (exact) mass is 192 g/mol. The molecular weight excluding hydrogens is 186 g/mol. The topological polar surface area (TPSA) is 92.4 Å². The second kappa shape index (κ2) is 3.04. The van der Waals surface area contributed by atoms with Crippen molar-refractivity contribution in [1.29, 1.82) is 0 Å². The molecule has 7 nitrogen and oxygen atoms in total. The first-order valence-corrected chi connectivity index (χ1v) is 3.77. The zero-order valence-corrected chi connectivity index (χ0v) is 7.22. The first-order chi connectivity index (χ1) is 6.70. The number of nitrogens with zero attached hydrogens (tertiary/aromatic N) is 4. The minimum Gasteiger partial charge on any atom is -0.288 e. The Bertz CT molecular complexity index is 492. The fraction of sp³-hybridized carbons (Fsp3) is 0.143. The Balaban J connectivity index is 2.55. The second-order valence-electron chi connectivity index (χ2n) is 2.58. The van der Waals surface area contributed by atoms with Gasteiger partial charge in [0, 0.05) is 0 Å². The van der Waals surface area contributed by atoms with Gasteiger partial charge in [0.2, 0.25) is 0 Å². The molecule has 7 heteroatoms. The highest BCUT2D eigenvalue weighted by Gasteiger charge is 2.08. The van der Waals surface area contributed by atoms with Crippen LogP contribution in [0, 0.1) is 13.1 Å². The molecule has 0 saturated heterocycles. The van der Waals surface area contributed by atoms with Crippen molar-refractivity contribution in [1.82, 2.24) is 25.1 Å². The van der Waals surface area contributed by atoms with E-state index in [1.54, 1.807) is 6.92 Å². The molecule has 2 aromatic rings. The van der Waals surface area contributed by atoms with E-state index in [2.05, 4.69) is 21.3 Å². The van der Waals surface area contributed by atoms with Crippen LogP contribution in [0.5, 0.6) is 0 Å². The Morgan fingerprint density at radius 3 is 3.14 bits per heavy atom. The number of carbonyl (C=O) groups excluding carboxylic acids is 1. The van der Waals surface area contributed by atoms with Crippen LogP contribution in [-0.2, 0) is 0 Å². The zero-order valence-electron chi connectivity index (χ0n) is 7.22. The summed E-state index contributed by atoms with van der Waals surface area (Å²) in [5.41, 5.74) is 1.51. The molecule has 0 aliphatic carbocycles. The second-order valence-corrected chi connectivity index (χ2v) is 2.58. The van der Waals surface area contributed by atoms with Gasteiger partial charge in [-0.2, -0.15) is 9.50 Å². The summed E-state index contributed by atoms with van der Waals surface area (Å²) in [6.07, 6.45) is 2.66. The number of fused-ring (bicyclic) bond motifs is 1. The van der Waals surface area contributed by atoms with Crippen molar-refractivity contribution >= 4 is 11.7 Å². The van der Waals surface area contributed by atoms with Crippen LogP contribution in [0.2, 0.25) is 0 Å². The van der Waals surface area contributed by atoms with E-state index in [0.717, 1.165) is 0 Å². The molecule has 0 unspecified atom stereocenters. The van der Waals surface area contributed by atoms with Gasteiger partial charge in [0.1, 0.15) is 11.5 Å². The largest absolute Gasteiger partial charge is 0.293 e. The average molecular weight is 192 g/mol. The number of hydrogen-bond donors (Lipinski definition) is 2. The molecule has 2 rings (SSSR count). The van der Waals surface area contributed by atoms with Crippen molar-refractivity contribution in [3.63, 3.8) is 0 Å². The van der Waals surface area contributed by atoms with Crippen molar-refractivity contribution in [2.24, 2.45) is 0 Å². The van der Waals surface area contributed by atoms with Crippen molar-refractivity contribution in [2.45, 2.75) is 6.92 Å². The summed E-state index contributed by atoms with van der Waals surface area (Å²) in [7, 11) is 0. The van der Waals surface area contributed by atoms with E-state index in [9.17, 15) is 4.79 Å². The lowest BCUT2D eigenvalue weighted by atomic mass is 10.4. The maximum Gasteiger partial charge on any atom is 0.293 e. The molecule has 0 saturated carbocycles. The highest BCUT2D eigenvalue weighted by molar-refractivity contribution is 5.91. The van der Waals surface area contributed by atoms with Crippen LogP contribution in [0.3, 0.4) is 0 Å². The number of hydroxylamine groups is 1. The Morgan fingerprint density at radius 1 is 1.64 bits per heavy atom. The molecule has 71 valence electrons. The fourth-order valence-corrected chi connectivity index (χ4v) is 0.999. The normalized spacial score (nSPS) is 10.4. The molecule has 0 bridgehead atoms. The molecule has 2 N–H and O–H groups in total. The fourth-order valence-electron chi connectivity index (χ4n) is 0.999. The van der Waals surface area contributed by atoms with E-state index in [1.165, 1.54) is 16.1 Å². The number of nitrogens with one attached hydrogen (secondary N) is 1. The maximum atomic E-state index is 11.0. The Morgan fingerprint density at radius 2 is 2.43 bits per heavy atom. The molecule has 0 atom stereocenters. The third kappa shape index (κ3) is 1.29. The smallest absolute Gasteiger partial charge is 0.288 e. The molecule has 0 fully saturated rings. The number of aromatic nitrogens is 4. The lowest BCUT2D eigenvalue weighted by Gasteiger charge is -1.95. The molecule has 0 aromatic carbocycles. The first kappa shape index (κ1) is 8.57. The van der Waals surface area contributed by atoms with Crippen LogP contribution in [0.15, 0.2) is 6.07 Å². The van der Waals surface area contributed by atoms with Gasteiger partial charge in [-0.05, 0) is 13.0 Å². The molecule has 2 aromatic heterocycles. The van der Waals surface area contributed by atoms with Gasteiger partial charge >= 0.3 is 0 Å². The van der Waals surface area contributed by atoms with E-state index < -0.39 is 5.91 Å². The predicted molar refractivity (Wildman–Crippen MR) is 43.6 cm³/mol. The summed E-state index contributed by atoms with van der Waals surface area (Å²) in [6, 6.07) is 1.31. The van der Waals surface area contributed by atoms with Crippen LogP contribution in [0.25, 0.3) is 5.78 Å². The highest BCUT2D eigenvalue weighted by atomic mass is 16.5. The van der Waals surface area contributed by atoms with Gasteiger partial charge < -0.3 is 0 Å². The summed E-state index contributed by atoms with van der Waals surface area (Å²) in [5, 5.41) is 12.3. The number of hydrogen-bond acceptors (Lipinski definition) is 5. The number of aryl methyl sites for hydroxylation is 1. The maximum absolute atomic E-state index is 11.0. The number of rotatable bonds is 1. The van der Waals surface area contributed by atoms with Gasteiger partial charge in [-0.1, -0.05) is 0 Å². The molecule has 2 heterocycles. The standard InChI is InChI=1S/C7H6N5O2/c1-4-8-7-9-5(6(13)11-14)2-3-12(7)10-4/h2,14H,1H3,(H,11,13). The van der Waals surface area contributed by atoms with E-state index in [0.29, 0.717) is 5.82 Å². The lowest BCUT2D eigenvalue weighted by molar-refractivity contribution is 0.0701. The molecule has 1 radical (unpaired) electrons. The molecule has 14 heavy (non-hydrogen) atoms. The SMILES string of the molecule is Cc1nc2nc(C(=O)NO)c[c]n2n1. The quantitative estimate of drug-likeness (QED) is 0.462. The summed E-state index contributed by atoms with van der Waals surface area (Å²) in [6.45, 7) is 1.70. The average Bonchev–Trinajstić information content (AvgIpc) is 2.55. The van der Waals surface area contributed by atoms with E-state index in [1.807, 2.05) is 0 Å². The number of carbonyl (C=O) groups is 1. The van der Waals surface area contributed by atoms with Crippen LogP contribution in [0.4, 0.5) is 0 Å². The van der Waals surface area contributed by atoms with Gasteiger partial charge in [0.05, 0.1) is 6.20 Å². The summed E-state index contributed by atoms with van der Waals surface area (Å²) < 4.78 is 1.32. The minimum absolute atomic E-state index is 0.0346. The van der Waals surface area contributed by atoms with Gasteiger partial charge in [-0.3, -0.25) is 10.0 Å². The Kier molecular flexibility index (Phi) is 1.86. The molecule has 0 aliphatic rings. The van der Waals surface area contributed by atoms with Crippen molar-refractivity contribution < 1.29 is 10.0 Å². The van der Waals surface area contributed by atoms with Crippen molar-refractivity contribution in [2.75, 3.05) is 0 Å². The summed E-state index contributed by atoms with van der Waals surface area (Å²) in [4.78, 5) is 18.8. The van der Waals surface area contributed by atoms with E-state index in [4.69, 9.17) is 5.21 Å². The first-order valence-electron chi connectivity index (χ1n) is 3.77. The molecule has 0 aliphatic heterocycles. The lowest BCUT2D eigenvalue weighted by Crippen LogP contribution is -2.20. The molecule has 0 spiro atoms. The highest BCUT2D eigenvalue weighted by Crippen LogP contribution is 1.99. The zero-order chi connectivity index (χ0) is 10.1. The minimum atomic E-state index is -0.704. The van der Waals surface area contributed by atoms with Gasteiger partial charge in [-0.15, -0.1) is 5.10 Å². The molecule has 1 amide bonds. The molecular formula is C7H6N5O2. The van der Waals surface area contributed by atoms with E-state index >= 15 is 0 Å². The van der Waals surface area contributed by atoms with E-state index in [-0.39, 0.29) is 11.5 Å². The predicted octanol–water partition coefficient (Wildman–Crippen LogP) is -0.648. The van der Waals surface area contributed by atoms with Crippen LogP contribution < -0.4 is 5.48 Å². The van der Waals surface area contributed by atoms with Crippen LogP contribution in [0.1, 0.15) is 16.3 Å². The summed E-state index contributed by atoms with van der Waals surface area (Å²) in [5.74, 6) is 0.100. The number of amides is 1. The van der Waals surface area contributed by atoms with Crippen molar-refractivity contribution in [3.05, 3.63) is 23.8 Å².